The highest BCUT2D eigenvalue weighted by Gasteiger charge is 2.08. The van der Waals surface area contributed by atoms with Crippen molar-refractivity contribution in [2.24, 2.45) is 0 Å². The van der Waals surface area contributed by atoms with Gasteiger partial charge in [0.1, 0.15) is 0 Å². The lowest BCUT2D eigenvalue weighted by molar-refractivity contribution is 1.36. The smallest absolute Gasteiger partial charge is 0.0287 e. The summed E-state index contributed by atoms with van der Waals surface area (Å²) in [4.78, 5) is 1.37. The lowest BCUT2D eigenvalue weighted by Gasteiger charge is -1.91. The number of fused-ring (bicyclic) bond motifs is 1. The van der Waals surface area contributed by atoms with Crippen LogP contribution in [0, 0.1) is 6.42 Å². The molecule has 44 valence electrons. The fraction of sp³-hybridized carbons (Fsp3) is 0.125. The highest BCUT2D eigenvalue weighted by Crippen LogP contribution is 2.31. The molecule has 1 heterocycles. The van der Waals surface area contributed by atoms with Crippen molar-refractivity contribution in [1.29, 1.82) is 0 Å². The number of benzene rings is 1. The SMILES string of the molecule is [C]1CSc2ccccc21. The second kappa shape index (κ2) is 2.07. The zero-order valence-electron chi connectivity index (χ0n) is 4.92. The van der Waals surface area contributed by atoms with Gasteiger partial charge in [0.25, 0.3) is 0 Å². The monoisotopic (exact) mass is 134 g/mol. The summed E-state index contributed by atoms with van der Waals surface area (Å²) < 4.78 is 0. The Labute approximate surface area is 59.3 Å². The van der Waals surface area contributed by atoms with Gasteiger partial charge in [-0.25, -0.2) is 0 Å². The molecule has 0 N–H and O–H groups in total. The van der Waals surface area contributed by atoms with Crippen LogP contribution >= 0.6 is 11.8 Å². The molecular weight excluding hydrogens is 128 g/mol. The van der Waals surface area contributed by atoms with E-state index in [4.69, 9.17) is 0 Å². The standard InChI is InChI=1S/C8H6S/c1-2-4-8-7(3-1)5-6-9-8/h1-4H,6H2. The minimum Gasteiger partial charge on any atom is -0.125 e. The van der Waals surface area contributed by atoms with E-state index in [0.29, 0.717) is 0 Å². The van der Waals surface area contributed by atoms with Gasteiger partial charge < -0.3 is 0 Å². The van der Waals surface area contributed by atoms with Crippen LogP contribution in [-0.4, -0.2) is 5.75 Å². The second-order valence-corrected chi connectivity index (χ2v) is 2.98. The first-order chi connectivity index (χ1) is 4.47. The van der Waals surface area contributed by atoms with Crippen LogP contribution in [0.3, 0.4) is 0 Å². The maximum atomic E-state index is 3.26. The molecule has 1 heteroatoms. The van der Waals surface area contributed by atoms with Gasteiger partial charge in [0, 0.05) is 17.1 Å². The second-order valence-electron chi connectivity index (χ2n) is 1.96. The van der Waals surface area contributed by atoms with Crippen LogP contribution in [0.4, 0.5) is 0 Å². The summed E-state index contributed by atoms with van der Waals surface area (Å²) in [5.74, 6) is 1.03. The number of hydrogen-bond donors (Lipinski definition) is 0. The van der Waals surface area contributed by atoms with E-state index in [1.54, 1.807) is 0 Å². The van der Waals surface area contributed by atoms with E-state index in [-0.39, 0.29) is 0 Å². The van der Waals surface area contributed by atoms with Crippen LogP contribution in [0.1, 0.15) is 5.56 Å². The molecule has 0 aromatic heterocycles. The Hall–Kier alpha value is -0.430. The van der Waals surface area contributed by atoms with Crippen molar-refractivity contribution < 1.29 is 0 Å². The Kier molecular flexibility index (Phi) is 1.23. The third-order valence-electron chi connectivity index (χ3n) is 1.38. The molecule has 0 atom stereocenters. The van der Waals surface area contributed by atoms with Crippen molar-refractivity contribution in [1.82, 2.24) is 0 Å². The quantitative estimate of drug-likeness (QED) is 0.524. The van der Waals surface area contributed by atoms with Crippen LogP contribution in [-0.2, 0) is 0 Å². The first-order valence-corrected chi connectivity index (χ1v) is 3.91. The summed E-state index contributed by atoms with van der Waals surface area (Å²) in [6, 6.07) is 8.37. The topological polar surface area (TPSA) is 0 Å². The molecule has 2 radical (unpaired) electrons. The minimum absolute atomic E-state index is 1.03. The van der Waals surface area contributed by atoms with Gasteiger partial charge in [-0.3, -0.25) is 0 Å². The minimum atomic E-state index is 1.03. The summed E-state index contributed by atoms with van der Waals surface area (Å²) in [6.07, 6.45) is 3.26. The van der Waals surface area contributed by atoms with Gasteiger partial charge >= 0.3 is 0 Å². The van der Waals surface area contributed by atoms with Crippen LogP contribution in [0.25, 0.3) is 0 Å². The van der Waals surface area contributed by atoms with Crippen LogP contribution < -0.4 is 0 Å². The first-order valence-electron chi connectivity index (χ1n) is 2.92. The van der Waals surface area contributed by atoms with E-state index in [2.05, 4.69) is 30.7 Å². The highest BCUT2D eigenvalue weighted by molar-refractivity contribution is 7.99. The molecule has 0 saturated heterocycles. The maximum absolute atomic E-state index is 3.26. The van der Waals surface area contributed by atoms with Gasteiger partial charge in [-0.1, -0.05) is 18.2 Å². The number of thioether (sulfide) groups is 1. The average molecular weight is 134 g/mol. The van der Waals surface area contributed by atoms with Crippen molar-refractivity contribution >= 4 is 11.8 Å². The molecule has 0 spiro atoms. The van der Waals surface area contributed by atoms with E-state index in [0.717, 1.165) is 5.75 Å². The van der Waals surface area contributed by atoms with E-state index in [1.165, 1.54) is 10.5 Å². The van der Waals surface area contributed by atoms with Crippen LogP contribution in [0.2, 0.25) is 0 Å². The highest BCUT2D eigenvalue weighted by atomic mass is 32.2. The number of hydrogen-bond acceptors (Lipinski definition) is 1. The largest absolute Gasteiger partial charge is 0.125 e. The van der Waals surface area contributed by atoms with Crippen molar-refractivity contribution in [2.75, 3.05) is 5.75 Å². The molecular formula is C8H6S. The maximum Gasteiger partial charge on any atom is 0.0287 e. The number of rotatable bonds is 0. The molecule has 0 bridgehead atoms. The van der Waals surface area contributed by atoms with Gasteiger partial charge in [0.05, 0.1) is 0 Å². The molecule has 1 aliphatic rings. The average Bonchev–Trinajstić information content (AvgIpc) is 2.33. The van der Waals surface area contributed by atoms with Gasteiger partial charge in [-0.2, -0.15) is 0 Å². The molecule has 2 rings (SSSR count). The lowest BCUT2D eigenvalue weighted by atomic mass is 10.2. The van der Waals surface area contributed by atoms with Crippen molar-refractivity contribution in [3.05, 3.63) is 36.2 Å². The van der Waals surface area contributed by atoms with Crippen molar-refractivity contribution in [3.63, 3.8) is 0 Å². The fourth-order valence-corrected chi connectivity index (χ4v) is 1.78. The first kappa shape index (κ1) is 5.36. The predicted octanol–water partition coefficient (Wildman–Crippen LogP) is 2.22. The molecule has 0 fully saturated rings. The van der Waals surface area contributed by atoms with Crippen molar-refractivity contribution in [2.45, 2.75) is 4.90 Å². The molecule has 1 aromatic rings. The van der Waals surface area contributed by atoms with Gasteiger partial charge in [0.2, 0.25) is 0 Å². The van der Waals surface area contributed by atoms with E-state index >= 15 is 0 Å². The zero-order valence-corrected chi connectivity index (χ0v) is 5.74. The molecule has 0 nitrogen and oxygen atoms in total. The van der Waals surface area contributed by atoms with Gasteiger partial charge in [-0.05, 0) is 11.6 Å². The Morgan fingerprint density at radius 2 is 2.22 bits per heavy atom. The normalized spacial score (nSPS) is 15.6. The molecule has 0 amide bonds. The van der Waals surface area contributed by atoms with Gasteiger partial charge in [0.15, 0.2) is 0 Å². The van der Waals surface area contributed by atoms with Crippen LogP contribution in [0.15, 0.2) is 29.2 Å². The predicted molar refractivity (Wildman–Crippen MR) is 39.5 cm³/mol. The summed E-state index contributed by atoms with van der Waals surface area (Å²) in [6.45, 7) is 0. The Morgan fingerprint density at radius 3 is 3.11 bits per heavy atom. The summed E-state index contributed by atoms with van der Waals surface area (Å²) >= 11 is 1.86. The molecule has 0 aliphatic carbocycles. The van der Waals surface area contributed by atoms with Crippen LogP contribution in [0.5, 0.6) is 0 Å². The molecule has 0 saturated carbocycles. The van der Waals surface area contributed by atoms with E-state index in [9.17, 15) is 0 Å². The Balaban J connectivity index is 2.54. The Morgan fingerprint density at radius 1 is 1.33 bits per heavy atom. The summed E-state index contributed by atoms with van der Waals surface area (Å²) in [7, 11) is 0. The molecule has 0 unspecified atom stereocenters. The lowest BCUT2D eigenvalue weighted by Crippen LogP contribution is -1.73. The molecule has 9 heavy (non-hydrogen) atoms. The fourth-order valence-electron chi connectivity index (χ4n) is 0.930. The third-order valence-corrected chi connectivity index (χ3v) is 2.33. The van der Waals surface area contributed by atoms with Gasteiger partial charge in [-0.15, -0.1) is 11.8 Å². The third kappa shape index (κ3) is 0.855. The summed E-state index contributed by atoms with van der Waals surface area (Å²) in [5, 5.41) is 0. The van der Waals surface area contributed by atoms with E-state index < -0.39 is 0 Å². The molecule has 1 aromatic carbocycles. The molecule has 1 aliphatic heterocycles. The Bertz CT molecular complexity index is 195. The zero-order chi connectivity index (χ0) is 6.10. The van der Waals surface area contributed by atoms with Crippen molar-refractivity contribution in [3.8, 4) is 0 Å². The summed E-state index contributed by atoms with van der Waals surface area (Å²) in [5.41, 5.74) is 1.28. The van der Waals surface area contributed by atoms with E-state index in [1.807, 2.05) is 11.8 Å².